The molecule has 1 saturated heterocycles. The molecule has 0 radical (unpaired) electrons. The van der Waals surface area contributed by atoms with Crippen LogP contribution in [0.25, 0.3) is 0 Å². The zero-order valence-electron chi connectivity index (χ0n) is 11.4. The van der Waals surface area contributed by atoms with Gasteiger partial charge in [0.2, 0.25) is 10.0 Å². The zero-order valence-corrected chi connectivity index (χ0v) is 12.3. The summed E-state index contributed by atoms with van der Waals surface area (Å²) < 4.78 is 53.3. The van der Waals surface area contributed by atoms with Crippen molar-refractivity contribution in [1.82, 2.24) is 4.31 Å². The molecule has 1 aromatic carbocycles. The lowest BCUT2D eigenvalue weighted by atomic mass is 9.97. The number of benzene rings is 1. The number of anilines is 1. The van der Waals surface area contributed by atoms with E-state index in [4.69, 9.17) is 5.73 Å². The third-order valence-corrected chi connectivity index (χ3v) is 5.69. The fourth-order valence-electron chi connectivity index (χ4n) is 2.45. The first-order chi connectivity index (χ1) is 9.23. The number of nitrogen functional groups attached to an aromatic ring is 1. The van der Waals surface area contributed by atoms with Gasteiger partial charge in [-0.3, -0.25) is 0 Å². The predicted octanol–water partition coefficient (Wildman–Crippen LogP) is 2.36. The van der Waals surface area contributed by atoms with Crippen molar-refractivity contribution in [3.05, 3.63) is 23.8 Å². The second-order valence-electron chi connectivity index (χ2n) is 5.41. The van der Waals surface area contributed by atoms with Gasteiger partial charge < -0.3 is 5.73 Å². The van der Waals surface area contributed by atoms with E-state index >= 15 is 0 Å². The van der Waals surface area contributed by atoms with Crippen LogP contribution in [-0.4, -0.2) is 25.3 Å². The highest BCUT2D eigenvalue weighted by atomic mass is 32.2. The molecule has 2 atom stereocenters. The molecule has 0 aromatic heterocycles. The minimum atomic E-state index is -4.00. The van der Waals surface area contributed by atoms with Gasteiger partial charge in [-0.15, -0.1) is 0 Å². The van der Waals surface area contributed by atoms with Crippen LogP contribution < -0.4 is 5.73 Å². The molecule has 2 rings (SSSR count). The Morgan fingerprint density at radius 2 is 1.85 bits per heavy atom. The predicted molar refractivity (Wildman–Crippen MR) is 72.5 cm³/mol. The van der Waals surface area contributed by atoms with E-state index < -0.39 is 26.6 Å². The number of piperidine rings is 1. The Hall–Kier alpha value is -1.21. The van der Waals surface area contributed by atoms with Gasteiger partial charge in [0, 0.05) is 18.7 Å². The minimum absolute atomic E-state index is 0.207. The summed E-state index contributed by atoms with van der Waals surface area (Å²) in [5.74, 6) is -1.86. The van der Waals surface area contributed by atoms with Crippen LogP contribution in [-0.2, 0) is 10.0 Å². The van der Waals surface area contributed by atoms with Crippen LogP contribution in [0.3, 0.4) is 0 Å². The number of hydrogen-bond donors (Lipinski definition) is 1. The minimum Gasteiger partial charge on any atom is -0.396 e. The number of nitrogens with two attached hydrogens (primary N) is 1. The lowest BCUT2D eigenvalue weighted by molar-refractivity contribution is 0.217. The molecular formula is C13H18F2N2O2S. The third kappa shape index (κ3) is 2.64. The Morgan fingerprint density at radius 3 is 2.50 bits per heavy atom. The zero-order chi connectivity index (χ0) is 15.1. The summed E-state index contributed by atoms with van der Waals surface area (Å²) in [6, 6.07) is 1.16. The lowest BCUT2D eigenvalue weighted by Gasteiger charge is -2.35. The largest absolute Gasteiger partial charge is 0.396 e. The molecule has 0 spiro atoms. The maximum absolute atomic E-state index is 13.8. The molecule has 112 valence electrons. The highest BCUT2D eigenvalue weighted by Gasteiger charge is 2.35. The van der Waals surface area contributed by atoms with E-state index in [9.17, 15) is 17.2 Å². The van der Waals surface area contributed by atoms with E-state index in [0.717, 1.165) is 18.9 Å². The van der Waals surface area contributed by atoms with Crippen molar-refractivity contribution >= 4 is 15.7 Å². The first-order valence-electron chi connectivity index (χ1n) is 6.50. The average molecular weight is 304 g/mol. The highest BCUT2D eigenvalue weighted by Crippen LogP contribution is 2.30. The Morgan fingerprint density at radius 1 is 1.20 bits per heavy atom. The fraction of sp³-hybridized carbons (Fsp3) is 0.538. The molecule has 1 aliphatic rings. The Bertz CT molecular complexity index is 619. The topological polar surface area (TPSA) is 63.4 Å². The molecule has 2 unspecified atom stereocenters. The van der Waals surface area contributed by atoms with Gasteiger partial charge in [0.1, 0.15) is 16.5 Å². The number of sulfonamides is 1. The van der Waals surface area contributed by atoms with Crippen LogP contribution in [0.15, 0.2) is 17.0 Å². The molecule has 1 heterocycles. The summed E-state index contributed by atoms with van der Waals surface area (Å²) in [6.07, 6.45) is 1.65. The smallest absolute Gasteiger partial charge is 0.246 e. The molecule has 20 heavy (non-hydrogen) atoms. The van der Waals surface area contributed by atoms with E-state index in [1.54, 1.807) is 6.92 Å². The van der Waals surface area contributed by atoms with Crippen molar-refractivity contribution in [2.45, 2.75) is 37.6 Å². The van der Waals surface area contributed by atoms with Gasteiger partial charge in [0.25, 0.3) is 0 Å². The maximum Gasteiger partial charge on any atom is 0.246 e. The van der Waals surface area contributed by atoms with E-state index in [-0.39, 0.29) is 17.6 Å². The number of halogens is 2. The number of nitrogens with zero attached hydrogens (tertiary/aromatic N) is 1. The summed E-state index contributed by atoms with van der Waals surface area (Å²) >= 11 is 0. The molecule has 1 aliphatic heterocycles. The number of hydrogen-bond acceptors (Lipinski definition) is 3. The molecule has 0 aliphatic carbocycles. The summed E-state index contributed by atoms with van der Waals surface area (Å²) in [5, 5.41) is 0. The maximum atomic E-state index is 13.8. The van der Waals surface area contributed by atoms with Crippen LogP contribution in [0.2, 0.25) is 0 Å². The van der Waals surface area contributed by atoms with Crippen molar-refractivity contribution in [3.8, 4) is 0 Å². The van der Waals surface area contributed by atoms with Crippen LogP contribution >= 0.6 is 0 Å². The summed E-state index contributed by atoms with van der Waals surface area (Å²) in [6.45, 7) is 4.07. The molecule has 0 amide bonds. The molecule has 2 N–H and O–H groups in total. The molecule has 1 aromatic rings. The van der Waals surface area contributed by atoms with E-state index in [1.807, 2.05) is 6.92 Å². The standard InChI is InChI=1S/C13H18F2N2O2S/c1-8-3-4-9(2)17(7-8)20(18,19)13-6-12(16)10(14)5-11(13)15/h5-6,8-9H,3-4,7,16H2,1-2H3. The Kier molecular flexibility index (Phi) is 4.02. The molecular weight excluding hydrogens is 286 g/mol. The molecule has 0 bridgehead atoms. The van der Waals surface area contributed by atoms with Gasteiger partial charge in [-0.1, -0.05) is 6.92 Å². The third-order valence-electron chi connectivity index (χ3n) is 3.70. The van der Waals surface area contributed by atoms with E-state index in [0.29, 0.717) is 12.6 Å². The van der Waals surface area contributed by atoms with Gasteiger partial charge in [-0.05, 0) is 31.7 Å². The number of rotatable bonds is 2. The summed E-state index contributed by atoms with van der Waals surface area (Å²) in [4.78, 5) is -0.558. The normalized spacial score (nSPS) is 24.8. The van der Waals surface area contributed by atoms with Crippen LogP contribution in [0.1, 0.15) is 26.7 Å². The van der Waals surface area contributed by atoms with Gasteiger partial charge >= 0.3 is 0 Å². The first kappa shape index (κ1) is 15.2. The van der Waals surface area contributed by atoms with Gasteiger partial charge in [0.15, 0.2) is 0 Å². The van der Waals surface area contributed by atoms with Crippen molar-refractivity contribution in [1.29, 1.82) is 0 Å². The highest BCUT2D eigenvalue weighted by molar-refractivity contribution is 7.89. The van der Waals surface area contributed by atoms with Gasteiger partial charge in [-0.2, -0.15) is 4.31 Å². The fourth-order valence-corrected chi connectivity index (χ4v) is 4.32. The molecule has 0 saturated carbocycles. The van der Waals surface area contributed by atoms with Crippen LogP contribution in [0.4, 0.5) is 14.5 Å². The van der Waals surface area contributed by atoms with Crippen LogP contribution in [0, 0.1) is 17.6 Å². The molecule has 4 nitrogen and oxygen atoms in total. The molecule has 7 heteroatoms. The van der Waals surface area contributed by atoms with Crippen molar-refractivity contribution in [2.75, 3.05) is 12.3 Å². The van der Waals surface area contributed by atoms with Gasteiger partial charge in [0.05, 0.1) is 5.69 Å². The van der Waals surface area contributed by atoms with Crippen molar-refractivity contribution < 1.29 is 17.2 Å². The summed E-state index contributed by atoms with van der Waals surface area (Å²) in [5.41, 5.74) is 4.98. The molecule has 1 fully saturated rings. The Balaban J connectivity index is 2.47. The second-order valence-corrected chi connectivity index (χ2v) is 7.27. The van der Waals surface area contributed by atoms with Crippen molar-refractivity contribution in [2.24, 2.45) is 5.92 Å². The monoisotopic (exact) mass is 304 g/mol. The van der Waals surface area contributed by atoms with E-state index in [2.05, 4.69) is 0 Å². The van der Waals surface area contributed by atoms with Gasteiger partial charge in [-0.25, -0.2) is 17.2 Å². The second kappa shape index (κ2) is 5.29. The first-order valence-corrected chi connectivity index (χ1v) is 7.94. The van der Waals surface area contributed by atoms with E-state index in [1.165, 1.54) is 4.31 Å². The quantitative estimate of drug-likeness (QED) is 0.853. The average Bonchev–Trinajstić information content (AvgIpc) is 2.36. The van der Waals surface area contributed by atoms with Crippen molar-refractivity contribution in [3.63, 3.8) is 0 Å². The van der Waals surface area contributed by atoms with Crippen LogP contribution in [0.5, 0.6) is 0 Å². The summed E-state index contributed by atoms with van der Waals surface area (Å²) in [7, 11) is -4.00. The Labute approximate surface area is 117 Å². The SMILES string of the molecule is CC1CCC(C)N(S(=O)(=O)c2cc(N)c(F)cc2F)C1. The lowest BCUT2D eigenvalue weighted by Crippen LogP contribution is -2.45.